The highest BCUT2D eigenvalue weighted by atomic mass is 19.1. The molecule has 0 aliphatic rings. The highest BCUT2D eigenvalue weighted by Gasteiger charge is 2.21. The molecule has 102 valence electrons. The van der Waals surface area contributed by atoms with Gasteiger partial charge in [0.1, 0.15) is 5.82 Å². The van der Waals surface area contributed by atoms with Crippen LogP contribution in [0.15, 0.2) is 18.2 Å². The number of hydrogen-bond acceptors (Lipinski definition) is 2. The predicted molar refractivity (Wildman–Crippen MR) is 73.1 cm³/mol. The maximum atomic E-state index is 13.5. The normalized spacial score (nSPS) is 10.6. The Morgan fingerprint density at radius 2 is 2.11 bits per heavy atom. The summed E-state index contributed by atoms with van der Waals surface area (Å²) >= 11 is 0. The van der Waals surface area contributed by atoms with Gasteiger partial charge in [-0.25, -0.2) is 4.39 Å². The van der Waals surface area contributed by atoms with Crippen molar-refractivity contribution in [2.75, 3.05) is 11.9 Å². The van der Waals surface area contributed by atoms with E-state index in [-0.39, 0.29) is 24.5 Å². The Labute approximate surface area is 112 Å². The van der Waals surface area contributed by atoms with Crippen LogP contribution in [0.5, 0.6) is 0 Å². The summed E-state index contributed by atoms with van der Waals surface area (Å²) in [6, 6.07) is 4.25. The molecule has 0 saturated carbocycles. The zero-order chi connectivity index (χ0) is 14.5. The minimum absolute atomic E-state index is 0.0604. The van der Waals surface area contributed by atoms with Gasteiger partial charge in [-0.15, -0.1) is 0 Å². The topological polar surface area (TPSA) is 49.3 Å². The number of amides is 1. The second-order valence-corrected chi connectivity index (χ2v) is 5.17. The lowest BCUT2D eigenvalue weighted by atomic mass is 9.95. The van der Waals surface area contributed by atoms with Gasteiger partial charge in [-0.3, -0.25) is 4.79 Å². The van der Waals surface area contributed by atoms with Gasteiger partial charge >= 0.3 is 0 Å². The molecule has 1 aromatic rings. The molecule has 0 unspecified atom stereocenters. The monoisotopic (exact) mass is 263 g/mol. The summed E-state index contributed by atoms with van der Waals surface area (Å²) in [5.41, 5.74) is 0.201. The molecule has 3 nitrogen and oxygen atoms in total. The molecule has 1 aromatic carbocycles. The fraction of sp³-hybridized carbons (Fsp3) is 0.400. The van der Waals surface area contributed by atoms with Gasteiger partial charge in [-0.1, -0.05) is 32.6 Å². The lowest BCUT2D eigenvalue weighted by molar-refractivity contribution is -0.123. The highest BCUT2D eigenvalue weighted by Crippen LogP contribution is 2.19. The van der Waals surface area contributed by atoms with E-state index in [1.807, 2.05) is 0 Å². The number of rotatable bonds is 2. The van der Waals surface area contributed by atoms with Crippen LogP contribution in [-0.4, -0.2) is 17.6 Å². The van der Waals surface area contributed by atoms with Crippen molar-refractivity contribution >= 4 is 11.6 Å². The summed E-state index contributed by atoms with van der Waals surface area (Å²) in [6.45, 7) is 5.34. The number of halogens is 1. The van der Waals surface area contributed by atoms with E-state index in [2.05, 4.69) is 17.2 Å². The van der Waals surface area contributed by atoms with Gasteiger partial charge in [0, 0.05) is 17.5 Å². The number of aliphatic hydroxyl groups excluding tert-OH is 1. The standard InChI is InChI=1S/C15H18FNO2/c1-15(2,3)14(19)17-12-7-8-13(16)11(10-12)6-4-5-9-18/h7-8,10,18H,5,9H2,1-3H3,(H,17,19). The van der Waals surface area contributed by atoms with Crippen molar-refractivity contribution in [1.82, 2.24) is 0 Å². The average molecular weight is 263 g/mol. The number of hydrogen-bond donors (Lipinski definition) is 2. The summed E-state index contributed by atoms with van der Waals surface area (Å²) in [4.78, 5) is 11.8. The fourth-order valence-electron chi connectivity index (χ4n) is 1.23. The van der Waals surface area contributed by atoms with Crippen molar-refractivity contribution in [3.8, 4) is 11.8 Å². The summed E-state index contributed by atoms with van der Waals surface area (Å²) in [5, 5.41) is 11.3. The summed E-state index contributed by atoms with van der Waals surface area (Å²) in [5.74, 6) is 4.69. The van der Waals surface area contributed by atoms with Crippen LogP contribution in [0.4, 0.5) is 10.1 Å². The van der Waals surface area contributed by atoms with Gasteiger partial charge in [0.05, 0.1) is 12.2 Å². The third-order valence-electron chi connectivity index (χ3n) is 2.37. The summed E-state index contributed by atoms with van der Waals surface area (Å²) in [7, 11) is 0. The van der Waals surface area contributed by atoms with Crippen molar-refractivity contribution in [1.29, 1.82) is 0 Å². The van der Waals surface area contributed by atoms with E-state index < -0.39 is 11.2 Å². The maximum Gasteiger partial charge on any atom is 0.229 e. The molecule has 0 bridgehead atoms. The van der Waals surface area contributed by atoms with Crippen LogP contribution in [0.1, 0.15) is 32.8 Å². The van der Waals surface area contributed by atoms with E-state index >= 15 is 0 Å². The van der Waals surface area contributed by atoms with E-state index in [1.54, 1.807) is 20.8 Å². The van der Waals surface area contributed by atoms with Crippen molar-refractivity contribution in [3.63, 3.8) is 0 Å². The molecule has 1 amide bonds. The fourth-order valence-corrected chi connectivity index (χ4v) is 1.23. The van der Waals surface area contributed by atoms with Crippen LogP contribution in [0.25, 0.3) is 0 Å². The molecule has 0 atom stereocenters. The molecule has 0 saturated heterocycles. The predicted octanol–water partition coefficient (Wildman–Crippen LogP) is 2.54. The van der Waals surface area contributed by atoms with E-state index in [4.69, 9.17) is 5.11 Å². The second kappa shape index (κ2) is 6.35. The number of benzene rings is 1. The van der Waals surface area contributed by atoms with Crippen LogP contribution < -0.4 is 5.32 Å². The third kappa shape index (κ3) is 4.72. The third-order valence-corrected chi connectivity index (χ3v) is 2.37. The Morgan fingerprint density at radius 3 is 2.68 bits per heavy atom. The molecular weight excluding hydrogens is 245 g/mol. The Morgan fingerprint density at radius 1 is 1.42 bits per heavy atom. The number of aliphatic hydroxyl groups is 1. The summed E-state index contributed by atoms with van der Waals surface area (Å²) < 4.78 is 13.5. The Bertz CT molecular complexity index is 521. The van der Waals surface area contributed by atoms with E-state index in [0.717, 1.165) is 0 Å². The first kappa shape index (κ1) is 15.2. The molecule has 0 heterocycles. The first-order chi connectivity index (χ1) is 8.84. The second-order valence-electron chi connectivity index (χ2n) is 5.17. The molecular formula is C15H18FNO2. The Hall–Kier alpha value is -1.86. The molecule has 0 aliphatic heterocycles. The van der Waals surface area contributed by atoms with Crippen LogP contribution in [-0.2, 0) is 4.79 Å². The summed E-state index contributed by atoms with van der Waals surface area (Å²) in [6.07, 6.45) is 0.290. The largest absolute Gasteiger partial charge is 0.395 e. The van der Waals surface area contributed by atoms with Gasteiger partial charge in [0.15, 0.2) is 0 Å². The molecule has 1 rings (SSSR count). The van der Waals surface area contributed by atoms with E-state index in [9.17, 15) is 9.18 Å². The molecule has 4 heteroatoms. The molecule has 19 heavy (non-hydrogen) atoms. The van der Waals surface area contributed by atoms with Crippen molar-refractivity contribution < 1.29 is 14.3 Å². The molecule has 0 radical (unpaired) electrons. The van der Waals surface area contributed by atoms with E-state index in [0.29, 0.717) is 5.69 Å². The van der Waals surface area contributed by atoms with E-state index in [1.165, 1.54) is 18.2 Å². The number of anilines is 1. The number of carbonyl (C=O) groups is 1. The lowest BCUT2D eigenvalue weighted by Crippen LogP contribution is -2.27. The zero-order valence-electron chi connectivity index (χ0n) is 11.4. The Balaban J connectivity index is 2.91. The Kier molecular flexibility index (Phi) is 5.08. The van der Waals surface area contributed by atoms with Crippen LogP contribution >= 0.6 is 0 Å². The number of carbonyl (C=O) groups excluding carboxylic acids is 1. The highest BCUT2D eigenvalue weighted by molar-refractivity contribution is 5.94. The molecule has 0 aliphatic carbocycles. The maximum absolute atomic E-state index is 13.5. The first-order valence-electron chi connectivity index (χ1n) is 6.05. The average Bonchev–Trinajstić information content (AvgIpc) is 2.32. The van der Waals surface area contributed by atoms with Crippen molar-refractivity contribution in [2.45, 2.75) is 27.2 Å². The van der Waals surface area contributed by atoms with Crippen LogP contribution in [0, 0.1) is 23.1 Å². The first-order valence-corrected chi connectivity index (χ1v) is 6.05. The van der Waals surface area contributed by atoms with Crippen LogP contribution in [0.3, 0.4) is 0 Å². The quantitative estimate of drug-likeness (QED) is 0.806. The number of nitrogens with one attached hydrogen (secondary N) is 1. The van der Waals surface area contributed by atoms with Crippen molar-refractivity contribution in [3.05, 3.63) is 29.6 Å². The van der Waals surface area contributed by atoms with Crippen LogP contribution in [0.2, 0.25) is 0 Å². The lowest BCUT2D eigenvalue weighted by Gasteiger charge is -2.17. The zero-order valence-corrected chi connectivity index (χ0v) is 11.4. The SMILES string of the molecule is CC(C)(C)C(=O)Nc1ccc(F)c(C#CCCO)c1. The smallest absolute Gasteiger partial charge is 0.229 e. The van der Waals surface area contributed by atoms with Gasteiger partial charge in [-0.2, -0.15) is 0 Å². The minimum Gasteiger partial charge on any atom is -0.395 e. The minimum atomic E-state index is -0.517. The molecule has 2 N–H and O–H groups in total. The molecule has 0 spiro atoms. The van der Waals surface area contributed by atoms with Gasteiger partial charge in [0.25, 0.3) is 0 Å². The van der Waals surface area contributed by atoms with Gasteiger partial charge < -0.3 is 10.4 Å². The van der Waals surface area contributed by atoms with Gasteiger partial charge in [-0.05, 0) is 18.2 Å². The molecule has 0 fully saturated rings. The van der Waals surface area contributed by atoms with Crippen molar-refractivity contribution in [2.24, 2.45) is 5.41 Å². The molecule has 0 aromatic heterocycles. The van der Waals surface area contributed by atoms with Gasteiger partial charge in [0.2, 0.25) is 5.91 Å².